The number of cyclic esters (lactones) is 1. The highest BCUT2D eigenvalue weighted by Gasteiger charge is 2.55. The Bertz CT molecular complexity index is 2150. The fourth-order valence-electron chi connectivity index (χ4n) is 12.7. The molecule has 20 atom stereocenters. The van der Waals surface area contributed by atoms with E-state index in [1.54, 1.807) is 54.8 Å². The molecule has 19 heteroatoms. The van der Waals surface area contributed by atoms with E-state index >= 15 is 0 Å². The summed E-state index contributed by atoms with van der Waals surface area (Å²) in [6.45, 7) is 19.2. The molecular formula is C56H92FN5O13. The lowest BCUT2D eigenvalue weighted by atomic mass is 9.68. The zero-order chi connectivity index (χ0) is 55.3. The second kappa shape index (κ2) is 25.8. The van der Waals surface area contributed by atoms with Crippen molar-refractivity contribution in [2.75, 3.05) is 61.3 Å². The number of nitrogens with zero attached hydrogens (tertiary/aromatic N) is 5. The molecule has 5 N–H and O–H groups in total. The maximum absolute atomic E-state index is 14.9. The Balaban J connectivity index is 1.26. The van der Waals surface area contributed by atoms with Crippen LogP contribution < -0.4 is 0 Å². The monoisotopic (exact) mass is 1060 g/mol. The Labute approximate surface area is 445 Å². The van der Waals surface area contributed by atoms with Crippen molar-refractivity contribution in [3.63, 3.8) is 0 Å². The van der Waals surface area contributed by atoms with Gasteiger partial charge < -0.3 is 68.5 Å². The molecule has 0 spiro atoms. The zero-order valence-electron chi connectivity index (χ0n) is 47.2. The molecule has 2 aromatic rings. The van der Waals surface area contributed by atoms with Crippen molar-refractivity contribution in [2.24, 2.45) is 23.7 Å². The maximum atomic E-state index is 14.9. The topological polar surface area (TPSA) is 220 Å². The van der Waals surface area contributed by atoms with Crippen LogP contribution in [0.15, 0.2) is 36.5 Å². The first-order valence-electron chi connectivity index (χ1n) is 27.3. The first-order valence-corrected chi connectivity index (χ1v) is 27.3. The molecule has 0 radical (unpaired) electrons. The summed E-state index contributed by atoms with van der Waals surface area (Å²) in [5.41, 5.74) is -0.755. The smallest absolute Gasteiger partial charge is 0.309 e. The van der Waals surface area contributed by atoms with E-state index in [0.29, 0.717) is 44.8 Å². The summed E-state index contributed by atoms with van der Waals surface area (Å²) < 4.78 is 60.0. The van der Waals surface area contributed by atoms with Gasteiger partial charge in [0.25, 0.3) is 0 Å². The molecule has 426 valence electrons. The third-order valence-corrected chi connectivity index (χ3v) is 17.4. The van der Waals surface area contributed by atoms with Gasteiger partial charge in [0.15, 0.2) is 6.29 Å². The third kappa shape index (κ3) is 13.9. The number of hydrogen-bond donors (Lipinski definition) is 5. The van der Waals surface area contributed by atoms with Gasteiger partial charge in [0.1, 0.15) is 48.8 Å². The van der Waals surface area contributed by atoms with Gasteiger partial charge in [0, 0.05) is 64.3 Å². The second-order valence-electron chi connectivity index (χ2n) is 23.3. The molecule has 1 aromatic carbocycles. The number of aliphatic hydroxyl groups excluding tert-OH is 3. The Kier molecular flexibility index (Phi) is 21.1. The Hall–Kier alpha value is -3.02. The molecule has 1 unspecified atom stereocenters. The van der Waals surface area contributed by atoms with E-state index in [1.807, 2.05) is 68.9 Å². The van der Waals surface area contributed by atoms with E-state index in [4.69, 9.17) is 33.2 Å². The average Bonchev–Trinajstić information content (AvgIpc) is 3.85. The highest BCUT2D eigenvalue weighted by Crippen LogP contribution is 2.45. The van der Waals surface area contributed by atoms with E-state index in [2.05, 4.69) is 16.4 Å². The van der Waals surface area contributed by atoms with E-state index < -0.39 is 120 Å². The van der Waals surface area contributed by atoms with Gasteiger partial charge in [-0.05, 0) is 110 Å². The minimum absolute atomic E-state index is 0.174. The lowest BCUT2D eigenvalue weighted by molar-refractivity contribution is -0.302. The van der Waals surface area contributed by atoms with E-state index in [9.17, 15) is 34.7 Å². The lowest BCUT2D eigenvalue weighted by Crippen LogP contribution is -2.62. The molecule has 0 aliphatic carbocycles. The van der Waals surface area contributed by atoms with Crippen molar-refractivity contribution in [1.82, 2.24) is 24.8 Å². The molecule has 6 rings (SSSR count). The minimum atomic E-state index is -1.83. The van der Waals surface area contributed by atoms with Gasteiger partial charge in [-0.3, -0.25) is 4.79 Å². The maximum Gasteiger partial charge on any atom is 0.309 e. The first kappa shape index (κ1) is 61.2. The summed E-state index contributed by atoms with van der Waals surface area (Å²) in [7, 11) is 6.84. The average molecular weight is 1060 g/mol. The van der Waals surface area contributed by atoms with Crippen LogP contribution in [0, 0.1) is 23.7 Å². The van der Waals surface area contributed by atoms with Crippen LogP contribution in [0.3, 0.4) is 0 Å². The van der Waals surface area contributed by atoms with Crippen molar-refractivity contribution in [3.05, 3.63) is 53.4 Å². The molecule has 3 saturated heterocycles. The highest BCUT2D eigenvalue weighted by atomic mass is 19.1. The summed E-state index contributed by atoms with van der Waals surface area (Å²) in [6, 6.07) is 6.17. The molecule has 5 heterocycles. The molecule has 0 amide bonds. The number of carbonyl (C=O) groups is 1. The van der Waals surface area contributed by atoms with Gasteiger partial charge in [-0.2, -0.15) is 0 Å². The van der Waals surface area contributed by atoms with Crippen molar-refractivity contribution in [2.45, 2.75) is 204 Å². The standard InChI is InChI=1S/C56H92FN5O13/c1-15-45-56(10,68)49(64)36(6)61(12)30-32(2)27-54(8,67)51(34(4)46(35(5)52(66)74-45)44-28-55(9,70-14)50(65)37(7)73-44)75-53-47(63)42(26-33(3)72-53)60(11)23-20-41-31-62(59-58-41)43(29-57)48(69-13)40-18-16-38(17-19-40)39-21-24-71-25-22-39/h16-19,21,31-37,42-51,53,63-65,67-68H,15,20,22-30H2,1-14H3/t32-,33-,34+,35-,36-,37+,42+,43-,44?,45-,46+,47-,48-,49-,50+,51-,53+,54-,55-,56-/m1/s1. The van der Waals surface area contributed by atoms with Crippen molar-refractivity contribution in [3.8, 4) is 0 Å². The lowest BCUT2D eigenvalue weighted by Gasteiger charge is -2.51. The van der Waals surface area contributed by atoms with Crippen molar-refractivity contribution in [1.29, 1.82) is 0 Å². The van der Waals surface area contributed by atoms with Crippen molar-refractivity contribution < 1.29 is 67.9 Å². The summed E-state index contributed by atoms with van der Waals surface area (Å²) in [4.78, 5) is 18.6. The number of carbonyl (C=O) groups excluding carboxylic acids is 1. The molecule has 0 saturated carbocycles. The van der Waals surface area contributed by atoms with E-state index in [0.717, 1.165) is 17.5 Å². The Morgan fingerprint density at radius 1 is 0.987 bits per heavy atom. The zero-order valence-corrected chi connectivity index (χ0v) is 47.2. The fraction of sp³-hybridized carbons (Fsp3) is 0.804. The SMILES string of the molecule is CC[C@H]1OC(=O)[C@H](C)[C@@H](C2C[C@@](C)(OC)[C@@H](O)[C@H](C)O2)[C@H](C)[C@@H](O[C@@H]2O[C@H](C)C[C@H](N(C)CCc3cn([C@H](CF)[C@H](OC)c4ccc(C5=CCOCC5)cc4)nn3)[C@H]2O)[C@](C)(O)C[C@@H](C)CN(C)[C@H](C)[C@@H](O)[C@]1(C)O. The highest BCUT2D eigenvalue weighted by molar-refractivity contribution is 5.73. The van der Waals surface area contributed by atoms with Gasteiger partial charge >= 0.3 is 5.97 Å². The van der Waals surface area contributed by atoms with Crippen LogP contribution in [-0.4, -0.2) is 202 Å². The van der Waals surface area contributed by atoms with Gasteiger partial charge in [0.05, 0.1) is 60.4 Å². The number of ether oxygens (including phenoxy) is 7. The van der Waals surface area contributed by atoms with Gasteiger partial charge in [-0.1, -0.05) is 63.2 Å². The number of methoxy groups -OCH3 is 2. The minimum Gasteiger partial charge on any atom is -0.459 e. The summed E-state index contributed by atoms with van der Waals surface area (Å²) in [5.74, 6) is -3.24. The number of hydrogen-bond acceptors (Lipinski definition) is 17. The molecular weight excluding hydrogens is 970 g/mol. The van der Waals surface area contributed by atoms with Gasteiger partial charge in [-0.15, -0.1) is 5.10 Å². The number of alkyl halides is 1. The summed E-state index contributed by atoms with van der Waals surface area (Å²) in [5, 5.41) is 69.1. The van der Waals surface area contributed by atoms with Gasteiger partial charge in [-0.25, -0.2) is 9.07 Å². The molecule has 75 heavy (non-hydrogen) atoms. The van der Waals surface area contributed by atoms with Gasteiger partial charge in [0.2, 0.25) is 0 Å². The number of aliphatic hydroxyl groups is 5. The fourth-order valence-corrected chi connectivity index (χ4v) is 12.7. The number of benzene rings is 1. The van der Waals surface area contributed by atoms with Crippen molar-refractivity contribution >= 4 is 11.5 Å². The second-order valence-corrected chi connectivity index (χ2v) is 23.3. The van der Waals surface area contributed by atoms with E-state index in [1.165, 1.54) is 24.3 Å². The normalized spacial score (nSPS) is 40.0. The largest absolute Gasteiger partial charge is 0.459 e. The summed E-state index contributed by atoms with van der Waals surface area (Å²) in [6.07, 6.45) is -3.23. The number of aromatic nitrogens is 3. The summed E-state index contributed by atoms with van der Waals surface area (Å²) >= 11 is 0. The molecule has 4 aliphatic heterocycles. The number of esters is 1. The van der Waals surface area contributed by atoms with Crippen LogP contribution >= 0.6 is 0 Å². The molecule has 1 aromatic heterocycles. The third-order valence-electron chi connectivity index (χ3n) is 17.4. The number of rotatable bonds is 15. The number of likely N-dealkylation sites (N-methyl/N-ethyl adjacent to an activating group) is 2. The molecule has 3 fully saturated rings. The van der Waals surface area contributed by atoms with Crippen LogP contribution in [0.1, 0.15) is 130 Å². The van der Waals surface area contributed by atoms with Crippen LogP contribution in [0.2, 0.25) is 0 Å². The van der Waals surface area contributed by atoms with Crippen LogP contribution in [0.5, 0.6) is 0 Å². The predicted octanol–water partition coefficient (Wildman–Crippen LogP) is 5.08. The van der Waals surface area contributed by atoms with E-state index in [-0.39, 0.29) is 31.3 Å². The molecule has 4 aliphatic rings. The van der Waals surface area contributed by atoms with Crippen LogP contribution in [-0.2, 0) is 44.4 Å². The first-order chi connectivity index (χ1) is 35.3. The van der Waals surface area contributed by atoms with Crippen LogP contribution in [0.4, 0.5) is 4.39 Å². The Morgan fingerprint density at radius 3 is 2.29 bits per heavy atom. The number of halogens is 1. The Morgan fingerprint density at radius 2 is 1.68 bits per heavy atom. The molecule has 18 nitrogen and oxygen atoms in total. The quantitative estimate of drug-likeness (QED) is 0.147. The predicted molar refractivity (Wildman–Crippen MR) is 280 cm³/mol. The van der Waals surface area contributed by atoms with Crippen LogP contribution in [0.25, 0.3) is 5.57 Å². The molecule has 0 bridgehead atoms.